The van der Waals surface area contributed by atoms with Gasteiger partial charge in [0, 0.05) is 18.9 Å². The summed E-state index contributed by atoms with van der Waals surface area (Å²) in [4.78, 5) is 8.72. The van der Waals surface area contributed by atoms with Crippen LogP contribution < -0.4 is 0 Å². The third-order valence-corrected chi connectivity index (χ3v) is 5.01. The standard InChI is InChI=1S/C23H20N4O/c1-15-3-4-16(2)19(11-15)14-27-21-12-17(13-24)5-6-20(21)26-23(27)22(28)18-7-9-25-10-8-18/h3-12,22,28H,14H2,1-2H3. The topological polar surface area (TPSA) is 74.7 Å². The van der Waals surface area contributed by atoms with E-state index in [0.717, 1.165) is 22.2 Å². The normalized spacial score (nSPS) is 12.1. The number of aryl methyl sites for hydroxylation is 2. The first-order valence-corrected chi connectivity index (χ1v) is 9.11. The van der Waals surface area contributed by atoms with Crippen molar-refractivity contribution in [3.63, 3.8) is 0 Å². The Bertz CT molecular complexity index is 1190. The maximum absolute atomic E-state index is 11.0. The monoisotopic (exact) mass is 368 g/mol. The van der Waals surface area contributed by atoms with E-state index in [2.05, 4.69) is 43.1 Å². The number of aliphatic hydroxyl groups excluding tert-OH is 1. The zero-order valence-electron chi connectivity index (χ0n) is 15.8. The third-order valence-electron chi connectivity index (χ3n) is 5.01. The van der Waals surface area contributed by atoms with Crippen LogP contribution in [0.15, 0.2) is 60.9 Å². The molecule has 0 fully saturated rings. The van der Waals surface area contributed by atoms with Crippen LogP contribution in [0.5, 0.6) is 0 Å². The lowest BCUT2D eigenvalue weighted by Crippen LogP contribution is -2.12. The van der Waals surface area contributed by atoms with Crippen LogP contribution in [0.4, 0.5) is 0 Å². The van der Waals surface area contributed by atoms with E-state index in [1.807, 2.05) is 16.7 Å². The molecule has 5 heteroatoms. The molecular weight excluding hydrogens is 348 g/mol. The van der Waals surface area contributed by atoms with Crippen LogP contribution in [-0.2, 0) is 6.54 Å². The first-order chi connectivity index (χ1) is 13.6. The van der Waals surface area contributed by atoms with Crippen molar-refractivity contribution in [2.75, 3.05) is 0 Å². The Morgan fingerprint density at radius 3 is 2.61 bits per heavy atom. The number of hydrogen-bond acceptors (Lipinski definition) is 4. The fourth-order valence-corrected chi connectivity index (χ4v) is 3.42. The van der Waals surface area contributed by atoms with Gasteiger partial charge in [0.15, 0.2) is 0 Å². The Hall–Kier alpha value is -3.49. The molecule has 4 rings (SSSR count). The minimum atomic E-state index is -0.883. The quantitative estimate of drug-likeness (QED) is 0.590. The lowest BCUT2D eigenvalue weighted by atomic mass is 10.1. The van der Waals surface area contributed by atoms with Crippen molar-refractivity contribution in [1.29, 1.82) is 5.26 Å². The Morgan fingerprint density at radius 2 is 1.86 bits per heavy atom. The summed E-state index contributed by atoms with van der Waals surface area (Å²) in [5.41, 5.74) is 6.40. The average molecular weight is 368 g/mol. The average Bonchev–Trinajstić information content (AvgIpc) is 3.08. The Morgan fingerprint density at radius 1 is 1.07 bits per heavy atom. The van der Waals surface area contributed by atoms with Gasteiger partial charge in [-0.2, -0.15) is 5.26 Å². The van der Waals surface area contributed by atoms with E-state index in [1.54, 1.807) is 30.6 Å². The van der Waals surface area contributed by atoms with Crippen molar-refractivity contribution < 1.29 is 5.11 Å². The summed E-state index contributed by atoms with van der Waals surface area (Å²) < 4.78 is 2.00. The second kappa shape index (κ2) is 7.26. The lowest BCUT2D eigenvalue weighted by Gasteiger charge is -2.16. The van der Waals surface area contributed by atoms with Crippen LogP contribution in [-0.4, -0.2) is 19.6 Å². The molecule has 2 aromatic heterocycles. The molecule has 138 valence electrons. The van der Waals surface area contributed by atoms with Gasteiger partial charge in [0.05, 0.1) is 22.7 Å². The second-order valence-electron chi connectivity index (χ2n) is 6.98. The van der Waals surface area contributed by atoms with Crippen LogP contribution in [0.2, 0.25) is 0 Å². The van der Waals surface area contributed by atoms with Crippen molar-refractivity contribution in [3.8, 4) is 6.07 Å². The van der Waals surface area contributed by atoms with Crippen molar-refractivity contribution >= 4 is 11.0 Å². The minimum Gasteiger partial charge on any atom is -0.380 e. The highest BCUT2D eigenvalue weighted by atomic mass is 16.3. The highest BCUT2D eigenvalue weighted by molar-refractivity contribution is 5.78. The predicted molar refractivity (Wildman–Crippen MR) is 108 cm³/mol. The zero-order valence-corrected chi connectivity index (χ0v) is 15.8. The summed E-state index contributed by atoms with van der Waals surface area (Å²) in [6.45, 7) is 4.71. The molecule has 0 radical (unpaired) electrons. The molecule has 0 aliphatic carbocycles. The minimum absolute atomic E-state index is 0.553. The SMILES string of the molecule is Cc1ccc(C)c(Cn2c(C(O)c3ccncc3)nc3ccc(C#N)cc32)c1. The molecule has 2 heterocycles. The van der Waals surface area contributed by atoms with Gasteiger partial charge in [-0.25, -0.2) is 4.98 Å². The van der Waals surface area contributed by atoms with E-state index in [0.29, 0.717) is 17.9 Å². The summed E-state index contributed by atoms with van der Waals surface area (Å²) in [6, 6.07) is 17.5. The maximum atomic E-state index is 11.0. The number of hydrogen-bond donors (Lipinski definition) is 1. The summed E-state index contributed by atoms with van der Waals surface area (Å²) in [5.74, 6) is 0.553. The highest BCUT2D eigenvalue weighted by Gasteiger charge is 2.21. The molecule has 0 amide bonds. The van der Waals surface area contributed by atoms with Crippen LogP contribution in [0.3, 0.4) is 0 Å². The number of nitrogens with zero attached hydrogens (tertiary/aromatic N) is 4. The molecular formula is C23H20N4O. The molecule has 5 nitrogen and oxygen atoms in total. The molecule has 1 unspecified atom stereocenters. The fourth-order valence-electron chi connectivity index (χ4n) is 3.42. The summed E-state index contributed by atoms with van der Waals surface area (Å²) in [6.07, 6.45) is 2.43. The van der Waals surface area contributed by atoms with E-state index in [-0.39, 0.29) is 0 Å². The zero-order chi connectivity index (χ0) is 19.7. The second-order valence-corrected chi connectivity index (χ2v) is 6.98. The molecule has 0 spiro atoms. The molecule has 0 saturated heterocycles. The summed E-state index contributed by atoms with van der Waals surface area (Å²) in [7, 11) is 0. The number of fused-ring (bicyclic) bond motifs is 1. The van der Waals surface area contributed by atoms with Gasteiger partial charge in [0.2, 0.25) is 0 Å². The van der Waals surface area contributed by atoms with E-state index in [1.165, 1.54) is 11.1 Å². The third kappa shape index (κ3) is 3.26. The van der Waals surface area contributed by atoms with Crippen molar-refractivity contribution in [1.82, 2.24) is 14.5 Å². The molecule has 1 atom stereocenters. The van der Waals surface area contributed by atoms with Crippen molar-refractivity contribution in [2.24, 2.45) is 0 Å². The maximum Gasteiger partial charge on any atom is 0.143 e. The van der Waals surface area contributed by atoms with Crippen LogP contribution in [0.25, 0.3) is 11.0 Å². The van der Waals surface area contributed by atoms with E-state index < -0.39 is 6.10 Å². The molecule has 2 aromatic carbocycles. The van der Waals surface area contributed by atoms with Crippen LogP contribution >= 0.6 is 0 Å². The van der Waals surface area contributed by atoms with Crippen molar-refractivity contribution in [3.05, 3.63) is 94.6 Å². The Kier molecular flexibility index (Phi) is 4.64. The highest BCUT2D eigenvalue weighted by Crippen LogP contribution is 2.28. The van der Waals surface area contributed by atoms with Gasteiger partial charge in [-0.05, 0) is 60.9 Å². The molecule has 0 aliphatic rings. The van der Waals surface area contributed by atoms with E-state index in [4.69, 9.17) is 4.98 Å². The molecule has 0 bridgehead atoms. The van der Waals surface area contributed by atoms with Gasteiger partial charge < -0.3 is 9.67 Å². The number of benzene rings is 2. The summed E-state index contributed by atoms with van der Waals surface area (Å²) >= 11 is 0. The number of aromatic nitrogens is 3. The number of imidazole rings is 1. The first-order valence-electron chi connectivity index (χ1n) is 9.11. The summed E-state index contributed by atoms with van der Waals surface area (Å²) in [5, 5.41) is 20.3. The van der Waals surface area contributed by atoms with Crippen molar-refractivity contribution in [2.45, 2.75) is 26.5 Å². The molecule has 28 heavy (non-hydrogen) atoms. The van der Waals surface area contributed by atoms with Gasteiger partial charge in [-0.15, -0.1) is 0 Å². The number of aliphatic hydroxyl groups is 1. The van der Waals surface area contributed by atoms with Gasteiger partial charge in [-0.3, -0.25) is 4.98 Å². The molecule has 1 N–H and O–H groups in total. The number of rotatable bonds is 4. The molecule has 0 saturated carbocycles. The van der Waals surface area contributed by atoms with Crippen LogP contribution in [0, 0.1) is 25.2 Å². The predicted octanol–water partition coefficient (Wildman–Crippen LogP) is 4.05. The first kappa shape index (κ1) is 17.9. The van der Waals surface area contributed by atoms with E-state index in [9.17, 15) is 10.4 Å². The Labute approximate surface area is 163 Å². The molecule has 4 aromatic rings. The lowest BCUT2D eigenvalue weighted by molar-refractivity contribution is 0.206. The van der Waals surface area contributed by atoms with Gasteiger partial charge in [0.1, 0.15) is 11.9 Å². The molecule has 0 aliphatic heterocycles. The van der Waals surface area contributed by atoms with Crippen LogP contribution in [0.1, 0.15) is 39.7 Å². The number of pyridine rings is 1. The largest absolute Gasteiger partial charge is 0.380 e. The van der Waals surface area contributed by atoms with Gasteiger partial charge >= 0.3 is 0 Å². The smallest absolute Gasteiger partial charge is 0.143 e. The number of nitriles is 1. The fraction of sp³-hybridized carbons (Fsp3) is 0.174. The Balaban J connectivity index is 1.90. The van der Waals surface area contributed by atoms with Gasteiger partial charge in [-0.1, -0.05) is 23.8 Å². The van der Waals surface area contributed by atoms with E-state index >= 15 is 0 Å². The van der Waals surface area contributed by atoms with Gasteiger partial charge in [0.25, 0.3) is 0 Å².